The summed E-state index contributed by atoms with van der Waals surface area (Å²) >= 11 is 0. The quantitative estimate of drug-likeness (QED) is 0.569. The van der Waals surface area contributed by atoms with Gasteiger partial charge >= 0.3 is 0 Å². The van der Waals surface area contributed by atoms with E-state index < -0.39 is 0 Å². The Morgan fingerprint density at radius 3 is 2.37 bits per heavy atom. The molecule has 1 N–H and O–H groups in total. The van der Waals surface area contributed by atoms with Gasteiger partial charge in [0.05, 0.1) is 57.7 Å². The summed E-state index contributed by atoms with van der Waals surface area (Å²) in [6.45, 7) is 2.86. The second-order valence-corrected chi connectivity index (χ2v) is 3.57. The summed E-state index contributed by atoms with van der Waals surface area (Å²) in [7, 11) is 1.63. The van der Waals surface area contributed by atoms with E-state index in [9.17, 15) is 0 Å². The fourth-order valence-electron chi connectivity index (χ4n) is 1.20. The van der Waals surface area contributed by atoms with Crippen molar-refractivity contribution < 1.29 is 24.1 Å². The fraction of sp³-hybridized carbons (Fsp3) is 0.667. The summed E-state index contributed by atoms with van der Waals surface area (Å²) in [5.74, 6) is 0.381. The highest BCUT2D eigenvalue weighted by molar-refractivity contribution is 5.07. The predicted octanol–water partition coefficient (Wildman–Crippen LogP) is 0.0273. The number of hydrogen-bond donors (Lipinski definition) is 1. The lowest BCUT2D eigenvalue weighted by Crippen LogP contribution is -2.12. The van der Waals surface area contributed by atoms with Crippen molar-refractivity contribution >= 4 is 0 Å². The van der Waals surface area contributed by atoms with Crippen molar-refractivity contribution in [1.29, 1.82) is 0 Å². The Bertz CT molecular complexity index is 338. The van der Waals surface area contributed by atoms with Gasteiger partial charge in [0, 0.05) is 7.11 Å². The summed E-state index contributed by atoms with van der Waals surface area (Å²) in [5.41, 5.74) is 0.477. The molecule has 0 radical (unpaired) electrons. The Balaban J connectivity index is 1.98. The molecule has 0 bridgehead atoms. The molecule has 19 heavy (non-hydrogen) atoms. The van der Waals surface area contributed by atoms with Gasteiger partial charge in [-0.1, -0.05) is 0 Å². The van der Waals surface area contributed by atoms with Crippen molar-refractivity contribution in [2.24, 2.45) is 0 Å². The molecule has 0 aliphatic carbocycles. The number of aliphatic hydroxyl groups excluding tert-OH is 1. The molecule has 108 valence electrons. The molecule has 0 aromatic carbocycles. The minimum atomic E-state index is -0.153. The number of ether oxygens (including phenoxy) is 4. The number of aromatic nitrogens is 2. The molecule has 1 aromatic heterocycles. The monoisotopic (exact) mass is 272 g/mol. The van der Waals surface area contributed by atoms with Crippen LogP contribution in [0.5, 0.6) is 5.88 Å². The van der Waals surface area contributed by atoms with Gasteiger partial charge in [-0.2, -0.15) is 0 Å². The van der Waals surface area contributed by atoms with E-state index in [2.05, 4.69) is 9.97 Å². The predicted molar refractivity (Wildman–Crippen MR) is 67.0 cm³/mol. The van der Waals surface area contributed by atoms with Gasteiger partial charge in [0.2, 0.25) is 5.88 Å². The van der Waals surface area contributed by atoms with Crippen LogP contribution in [0, 0.1) is 0 Å². The Kier molecular flexibility index (Phi) is 8.82. The van der Waals surface area contributed by atoms with Crippen LogP contribution in [0.25, 0.3) is 0 Å². The number of methoxy groups -OCH3 is 1. The van der Waals surface area contributed by atoms with Gasteiger partial charge in [-0.05, 0) is 0 Å². The van der Waals surface area contributed by atoms with Crippen LogP contribution in [0.15, 0.2) is 12.4 Å². The van der Waals surface area contributed by atoms with Gasteiger partial charge in [0.25, 0.3) is 0 Å². The summed E-state index contributed by atoms with van der Waals surface area (Å²) < 4.78 is 20.7. The third kappa shape index (κ3) is 7.68. The Morgan fingerprint density at radius 2 is 1.68 bits per heavy atom. The van der Waals surface area contributed by atoms with Crippen molar-refractivity contribution in [2.45, 2.75) is 6.61 Å². The van der Waals surface area contributed by atoms with E-state index in [0.29, 0.717) is 51.2 Å². The van der Waals surface area contributed by atoms with Crippen LogP contribution < -0.4 is 4.74 Å². The summed E-state index contributed by atoms with van der Waals surface area (Å²) in [5, 5.41) is 8.89. The lowest BCUT2D eigenvalue weighted by Gasteiger charge is -2.07. The summed E-state index contributed by atoms with van der Waals surface area (Å²) in [6, 6.07) is 0. The zero-order valence-electron chi connectivity index (χ0n) is 11.1. The van der Waals surface area contributed by atoms with Crippen LogP contribution in [0.4, 0.5) is 0 Å². The molecule has 0 spiro atoms. The molecule has 1 aromatic rings. The number of rotatable bonds is 11. The van der Waals surface area contributed by atoms with Crippen molar-refractivity contribution in [3.05, 3.63) is 18.1 Å². The fourth-order valence-corrected chi connectivity index (χ4v) is 1.20. The average Bonchev–Trinajstić information content (AvgIpc) is 2.46. The molecule has 0 aliphatic heterocycles. The maximum atomic E-state index is 8.89. The van der Waals surface area contributed by atoms with Crippen LogP contribution >= 0.6 is 0 Å². The third-order valence-corrected chi connectivity index (χ3v) is 2.11. The van der Waals surface area contributed by atoms with E-state index >= 15 is 0 Å². The molecule has 7 heteroatoms. The Hall–Kier alpha value is -1.28. The normalized spacial score (nSPS) is 10.6. The SMILES string of the molecule is COCCOCCOCCOc1cncc(CO)n1. The van der Waals surface area contributed by atoms with Crippen molar-refractivity contribution in [2.75, 3.05) is 46.8 Å². The van der Waals surface area contributed by atoms with Crippen LogP contribution in [-0.4, -0.2) is 61.8 Å². The molecular formula is C12H20N2O5. The van der Waals surface area contributed by atoms with Crippen molar-refractivity contribution in [3.63, 3.8) is 0 Å². The lowest BCUT2D eigenvalue weighted by atomic mass is 10.5. The van der Waals surface area contributed by atoms with E-state index in [0.717, 1.165) is 0 Å². The van der Waals surface area contributed by atoms with Gasteiger partial charge in [0.1, 0.15) is 6.61 Å². The molecule has 1 heterocycles. The van der Waals surface area contributed by atoms with Crippen LogP contribution in [-0.2, 0) is 20.8 Å². The first-order valence-electron chi connectivity index (χ1n) is 6.06. The van der Waals surface area contributed by atoms with Crippen molar-refractivity contribution in [3.8, 4) is 5.88 Å². The largest absolute Gasteiger partial charge is 0.474 e. The Morgan fingerprint density at radius 1 is 1.00 bits per heavy atom. The Labute approximate surface area is 112 Å². The number of nitrogens with zero attached hydrogens (tertiary/aromatic N) is 2. The van der Waals surface area contributed by atoms with E-state index in [-0.39, 0.29) is 6.61 Å². The molecule has 0 saturated carbocycles. The molecule has 0 saturated heterocycles. The minimum absolute atomic E-state index is 0.153. The van der Waals surface area contributed by atoms with Crippen LogP contribution in [0.3, 0.4) is 0 Å². The highest BCUT2D eigenvalue weighted by Crippen LogP contribution is 2.04. The van der Waals surface area contributed by atoms with Gasteiger partial charge in [-0.25, -0.2) is 4.98 Å². The maximum Gasteiger partial charge on any atom is 0.232 e. The van der Waals surface area contributed by atoms with E-state index in [1.54, 1.807) is 7.11 Å². The van der Waals surface area contributed by atoms with Gasteiger partial charge < -0.3 is 24.1 Å². The number of hydrogen-bond acceptors (Lipinski definition) is 7. The molecule has 0 amide bonds. The van der Waals surface area contributed by atoms with E-state index in [1.807, 2.05) is 0 Å². The maximum absolute atomic E-state index is 8.89. The average molecular weight is 272 g/mol. The molecule has 0 atom stereocenters. The molecule has 7 nitrogen and oxygen atoms in total. The van der Waals surface area contributed by atoms with E-state index in [4.69, 9.17) is 24.1 Å². The molecule has 0 unspecified atom stereocenters. The second kappa shape index (κ2) is 10.6. The zero-order chi connectivity index (χ0) is 13.8. The van der Waals surface area contributed by atoms with Crippen molar-refractivity contribution in [1.82, 2.24) is 9.97 Å². The molecular weight excluding hydrogens is 252 g/mol. The highest BCUT2D eigenvalue weighted by atomic mass is 16.6. The molecule has 0 aliphatic rings. The molecule has 1 rings (SSSR count). The van der Waals surface area contributed by atoms with Crippen LogP contribution in [0.2, 0.25) is 0 Å². The minimum Gasteiger partial charge on any atom is -0.474 e. The topological polar surface area (TPSA) is 82.9 Å². The molecule has 0 fully saturated rings. The van der Waals surface area contributed by atoms with E-state index in [1.165, 1.54) is 12.4 Å². The zero-order valence-corrected chi connectivity index (χ0v) is 11.1. The summed E-state index contributed by atoms with van der Waals surface area (Å²) in [6.07, 6.45) is 2.98. The second-order valence-electron chi connectivity index (χ2n) is 3.57. The van der Waals surface area contributed by atoms with Gasteiger partial charge in [-0.3, -0.25) is 4.98 Å². The lowest BCUT2D eigenvalue weighted by molar-refractivity contribution is 0.0176. The smallest absolute Gasteiger partial charge is 0.232 e. The third-order valence-electron chi connectivity index (χ3n) is 2.11. The summed E-state index contributed by atoms with van der Waals surface area (Å²) in [4.78, 5) is 7.92. The first kappa shape index (κ1) is 15.8. The van der Waals surface area contributed by atoms with Crippen LogP contribution in [0.1, 0.15) is 5.69 Å². The van der Waals surface area contributed by atoms with Gasteiger partial charge in [-0.15, -0.1) is 0 Å². The number of aliphatic hydroxyl groups is 1. The van der Waals surface area contributed by atoms with Gasteiger partial charge in [0.15, 0.2) is 0 Å². The first-order valence-corrected chi connectivity index (χ1v) is 6.06. The standard InChI is InChI=1S/C12H20N2O5/c1-16-2-3-17-4-5-18-6-7-19-12-9-13-8-11(10-15)14-12/h8-9,15H,2-7,10H2,1H3. The highest BCUT2D eigenvalue weighted by Gasteiger charge is 1.98. The first-order chi connectivity index (χ1) is 9.36.